The van der Waals surface area contributed by atoms with E-state index < -0.39 is 0 Å². The van der Waals surface area contributed by atoms with E-state index in [4.69, 9.17) is 4.74 Å². The second-order valence-electron chi connectivity index (χ2n) is 15.8. The fourth-order valence-electron chi connectivity index (χ4n) is 10.9. The molecule has 0 radical (unpaired) electrons. The molecule has 5 aliphatic rings. The zero-order chi connectivity index (χ0) is 24.9. The number of ether oxygens (including phenoxy) is 1. The van der Waals surface area contributed by atoms with E-state index in [0.29, 0.717) is 33.0 Å². The van der Waals surface area contributed by atoms with Gasteiger partial charge < -0.3 is 4.74 Å². The molecule has 0 aliphatic heterocycles. The van der Waals surface area contributed by atoms with Crippen molar-refractivity contribution in [2.75, 3.05) is 0 Å². The van der Waals surface area contributed by atoms with Gasteiger partial charge in [-0.15, -0.1) is 0 Å². The Bertz CT molecular complexity index is 897. The van der Waals surface area contributed by atoms with Crippen molar-refractivity contribution in [2.24, 2.45) is 50.2 Å². The monoisotopic (exact) mass is 468 g/mol. The SMILES string of the molecule is CC(=O)O[C@@H]1CC[C@@]2(C)[C@@H](CC[C@@]3(C)[C@H]2CC=C2[C@@H]4CC(C)(C)CC[C@@]4(C)CC[C@]23C)C1(C)C. The molecule has 0 aromatic rings. The highest BCUT2D eigenvalue weighted by molar-refractivity contribution is 5.66. The predicted octanol–water partition coefficient (Wildman–Crippen LogP) is 8.74. The van der Waals surface area contributed by atoms with Crippen LogP contribution in [0.2, 0.25) is 0 Å². The summed E-state index contributed by atoms with van der Waals surface area (Å²) >= 11 is 0. The van der Waals surface area contributed by atoms with E-state index in [1.807, 2.05) is 5.57 Å². The standard InChI is InChI=1S/C32H52O2/c1-21(33)34-26-13-14-30(7)24(28(26,4)5)12-15-32(9)25(30)11-10-22-23-20-27(2,3)16-17-29(23,6)18-19-31(22,32)8/h10,23-26H,11-20H2,1-9H3/t23-,24-,25-,26+,29-,30-,31+,32-/m0/s1. The van der Waals surface area contributed by atoms with Crippen molar-refractivity contribution in [3.63, 3.8) is 0 Å². The molecule has 0 unspecified atom stereocenters. The Morgan fingerprint density at radius 2 is 1.53 bits per heavy atom. The van der Waals surface area contributed by atoms with E-state index in [2.05, 4.69) is 61.5 Å². The molecule has 0 N–H and O–H groups in total. The number of carbonyl (C=O) groups excluding carboxylic acids is 1. The van der Waals surface area contributed by atoms with Crippen LogP contribution in [0.4, 0.5) is 0 Å². The molecule has 8 atom stereocenters. The van der Waals surface area contributed by atoms with Crippen molar-refractivity contribution in [1.29, 1.82) is 0 Å². The Morgan fingerprint density at radius 1 is 0.853 bits per heavy atom. The van der Waals surface area contributed by atoms with Gasteiger partial charge in [0, 0.05) is 12.3 Å². The molecular weight excluding hydrogens is 416 g/mol. The van der Waals surface area contributed by atoms with E-state index in [0.717, 1.165) is 18.3 Å². The van der Waals surface area contributed by atoms with E-state index in [9.17, 15) is 4.79 Å². The molecule has 34 heavy (non-hydrogen) atoms. The van der Waals surface area contributed by atoms with Gasteiger partial charge in [0.2, 0.25) is 0 Å². The third kappa shape index (κ3) is 3.21. The number of carbonyl (C=O) groups is 1. The Balaban J connectivity index is 1.53. The van der Waals surface area contributed by atoms with Crippen LogP contribution in [0.25, 0.3) is 0 Å². The molecular formula is C32H52O2. The first-order valence-electron chi connectivity index (χ1n) is 14.5. The minimum Gasteiger partial charge on any atom is -0.462 e. The summed E-state index contributed by atoms with van der Waals surface area (Å²) < 4.78 is 5.91. The van der Waals surface area contributed by atoms with Gasteiger partial charge in [0.25, 0.3) is 0 Å². The van der Waals surface area contributed by atoms with Crippen molar-refractivity contribution >= 4 is 5.97 Å². The van der Waals surface area contributed by atoms with E-state index in [-0.39, 0.29) is 17.5 Å². The van der Waals surface area contributed by atoms with Gasteiger partial charge >= 0.3 is 5.97 Å². The molecule has 5 aliphatic carbocycles. The molecule has 0 saturated heterocycles. The molecule has 0 bridgehead atoms. The summed E-state index contributed by atoms with van der Waals surface area (Å²) in [5, 5.41) is 0. The summed E-state index contributed by atoms with van der Waals surface area (Å²) in [4.78, 5) is 11.9. The molecule has 0 spiro atoms. The number of hydrogen-bond donors (Lipinski definition) is 0. The maximum absolute atomic E-state index is 11.9. The molecule has 0 aromatic heterocycles. The van der Waals surface area contributed by atoms with Gasteiger partial charge in [-0.2, -0.15) is 0 Å². The maximum Gasteiger partial charge on any atom is 0.302 e. The van der Waals surface area contributed by atoms with Gasteiger partial charge in [-0.1, -0.05) is 67.0 Å². The van der Waals surface area contributed by atoms with Gasteiger partial charge in [0.05, 0.1) is 0 Å². The van der Waals surface area contributed by atoms with Gasteiger partial charge in [-0.25, -0.2) is 0 Å². The smallest absolute Gasteiger partial charge is 0.302 e. The van der Waals surface area contributed by atoms with Crippen LogP contribution >= 0.6 is 0 Å². The number of fused-ring (bicyclic) bond motifs is 7. The average Bonchev–Trinajstić information content (AvgIpc) is 2.72. The quantitative estimate of drug-likeness (QED) is 0.284. The third-order valence-electron chi connectivity index (χ3n) is 13.3. The van der Waals surface area contributed by atoms with Crippen molar-refractivity contribution in [3.8, 4) is 0 Å². The van der Waals surface area contributed by atoms with E-state index in [1.54, 1.807) is 6.92 Å². The second kappa shape index (κ2) is 7.38. The van der Waals surface area contributed by atoms with Crippen molar-refractivity contribution < 1.29 is 9.53 Å². The number of rotatable bonds is 1. The maximum atomic E-state index is 11.9. The van der Waals surface area contributed by atoms with Crippen molar-refractivity contribution in [2.45, 2.75) is 133 Å². The average molecular weight is 469 g/mol. The lowest BCUT2D eigenvalue weighted by molar-refractivity contribution is -0.211. The van der Waals surface area contributed by atoms with Crippen LogP contribution in [0.3, 0.4) is 0 Å². The van der Waals surface area contributed by atoms with Crippen LogP contribution in [0.1, 0.15) is 127 Å². The van der Waals surface area contributed by atoms with E-state index in [1.165, 1.54) is 57.8 Å². The molecule has 2 nitrogen and oxygen atoms in total. The summed E-state index contributed by atoms with van der Waals surface area (Å²) in [5.74, 6) is 2.01. The topological polar surface area (TPSA) is 26.3 Å². The summed E-state index contributed by atoms with van der Waals surface area (Å²) in [6.07, 6.45) is 15.9. The Morgan fingerprint density at radius 3 is 2.21 bits per heavy atom. The molecule has 0 amide bonds. The van der Waals surface area contributed by atoms with Crippen LogP contribution in [-0.2, 0) is 9.53 Å². The first-order chi connectivity index (χ1) is 15.6. The first kappa shape index (κ1) is 24.9. The minimum absolute atomic E-state index is 0.0451. The number of esters is 1. The van der Waals surface area contributed by atoms with Crippen LogP contribution < -0.4 is 0 Å². The summed E-state index contributed by atoms with van der Waals surface area (Å²) in [7, 11) is 0. The Hall–Kier alpha value is -0.790. The van der Waals surface area contributed by atoms with Gasteiger partial charge in [-0.05, 0) is 109 Å². The zero-order valence-electron chi connectivity index (χ0n) is 23.8. The molecule has 2 heteroatoms. The highest BCUT2D eigenvalue weighted by atomic mass is 16.5. The highest BCUT2D eigenvalue weighted by Crippen LogP contribution is 2.75. The Kier molecular flexibility index (Phi) is 5.40. The third-order valence-corrected chi connectivity index (χ3v) is 13.3. The second-order valence-corrected chi connectivity index (χ2v) is 15.8. The largest absolute Gasteiger partial charge is 0.462 e. The van der Waals surface area contributed by atoms with Crippen molar-refractivity contribution in [1.82, 2.24) is 0 Å². The molecule has 4 fully saturated rings. The van der Waals surface area contributed by atoms with Crippen LogP contribution in [0.5, 0.6) is 0 Å². The lowest BCUT2D eigenvalue weighted by atomic mass is 9.33. The van der Waals surface area contributed by atoms with Crippen LogP contribution in [0.15, 0.2) is 11.6 Å². The zero-order valence-corrected chi connectivity index (χ0v) is 23.8. The fourth-order valence-corrected chi connectivity index (χ4v) is 10.9. The van der Waals surface area contributed by atoms with Crippen LogP contribution in [-0.4, -0.2) is 12.1 Å². The minimum atomic E-state index is -0.110. The van der Waals surface area contributed by atoms with E-state index >= 15 is 0 Å². The van der Waals surface area contributed by atoms with Gasteiger partial charge in [0.1, 0.15) is 6.10 Å². The molecule has 5 rings (SSSR count). The number of hydrogen-bond acceptors (Lipinski definition) is 2. The van der Waals surface area contributed by atoms with Crippen LogP contribution in [0, 0.1) is 50.2 Å². The molecule has 0 heterocycles. The highest BCUT2D eigenvalue weighted by Gasteiger charge is 2.68. The lowest BCUT2D eigenvalue weighted by Crippen LogP contribution is -2.64. The lowest BCUT2D eigenvalue weighted by Gasteiger charge is -2.71. The van der Waals surface area contributed by atoms with Gasteiger partial charge in [-0.3, -0.25) is 4.79 Å². The number of allylic oxidation sites excluding steroid dienone is 2. The molecule has 0 aromatic carbocycles. The fraction of sp³-hybridized carbons (Fsp3) is 0.906. The predicted molar refractivity (Wildman–Crippen MR) is 140 cm³/mol. The van der Waals surface area contributed by atoms with Gasteiger partial charge in [0.15, 0.2) is 0 Å². The molecule has 4 saturated carbocycles. The summed E-state index contributed by atoms with van der Waals surface area (Å²) in [6.45, 7) is 22.0. The normalized spacial score (nSPS) is 51.1. The summed E-state index contributed by atoms with van der Waals surface area (Å²) in [5.41, 5.74) is 3.92. The Labute approximate surface area is 210 Å². The molecule has 192 valence electrons. The first-order valence-corrected chi connectivity index (χ1v) is 14.5. The van der Waals surface area contributed by atoms with Crippen molar-refractivity contribution in [3.05, 3.63) is 11.6 Å². The summed E-state index contributed by atoms with van der Waals surface area (Å²) in [6, 6.07) is 0.